The van der Waals surface area contributed by atoms with Crippen LogP contribution in [0, 0.1) is 0 Å². The summed E-state index contributed by atoms with van der Waals surface area (Å²) in [5.41, 5.74) is 0.444. The van der Waals surface area contributed by atoms with Gasteiger partial charge in [0, 0.05) is 6.54 Å². The molecule has 0 unspecified atom stereocenters. The fraction of sp³-hybridized carbons (Fsp3) is 0.333. The lowest BCUT2D eigenvalue weighted by molar-refractivity contribution is -0.140. The van der Waals surface area contributed by atoms with Crippen molar-refractivity contribution in [3.8, 4) is 5.75 Å². The zero-order chi connectivity index (χ0) is 12.7. The summed E-state index contributed by atoms with van der Waals surface area (Å²) in [6.07, 6.45) is 0.150. The first-order valence-electron chi connectivity index (χ1n) is 5.17. The Morgan fingerprint density at radius 1 is 1.24 bits per heavy atom. The fourth-order valence-corrected chi connectivity index (χ4v) is 1.31. The second kappa shape index (κ2) is 6.52. The molecule has 0 aromatic heterocycles. The molecule has 1 aromatic carbocycles. The molecule has 0 spiro atoms. The smallest absolute Gasteiger partial charge is 0.307 e. The van der Waals surface area contributed by atoms with Crippen LogP contribution in [-0.2, 0) is 9.53 Å². The molecule has 0 saturated heterocycles. The van der Waals surface area contributed by atoms with Crippen LogP contribution in [0.3, 0.4) is 0 Å². The lowest BCUT2D eigenvalue weighted by atomic mass is 10.2. The summed E-state index contributed by atoms with van der Waals surface area (Å²) in [7, 11) is 2.81. The van der Waals surface area contributed by atoms with Crippen molar-refractivity contribution in [2.24, 2.45) is 0 Å². The SMILES string of the molecule is COC(=O)CCNC(=O)c1ccccc1OC. The van der Waals surface area contributed by atoms with Gasteiger partial charge in [-0.2, -0.15) is 0 Å². The number of methoxy groups -OCH3 is 2. The fourth-order valence-electron chi connectivity index (χ4n) is 1.31. The lowest BCUT2D eigenvalue weighted by Crippen LogP contribution is -2.26. The number of ether oxygens (including phenoxy) is 2. The Balaban J connectivity index is 2.55. The molecule has 0 saturated carbocycles. The summed E-state index contributed by atoms with van der Waals surface area (Å²) >= 11 is 0. The minimum Gasteiger partial charge on any atom is -0.496 e. The van der Waals surface area contributed by atoms with Gasteiger partial charge in [-0.1, -0.05) is 12.1 Å². The number of carbonyl (C=O) groups is 2. The molecule has 0 aliphatic rings. The third-order valence-corrected chi connectivity index (χ3v) is 2.19. The van der Waals surface area contributed by atoms with Gasteiger partial charge in [0.15, 0.2) is 0 Å². The predicted octanol–water partition coefficient (Wildman–Crippen LogP) is 0.988. The maximum atomic E-state index is 11.8. The lowest BCUT2D eigenvalue weighted by Gasteiger charge is -2.08. The highest BCUT2D eigenvalue weighted by Gasteiger charge is 2.11. The van der Waals surface area contributed by atoms with Crippen LogP contribution in [0.4, 0.5) is 0 Å². The molecule has 5 heteroatoms. The average Bonchev–Trinajstić information content (AvgIpc) is 2.38. The highest BCUT2D eigenvalue weighted by atomic mass is 16.5. The van der Waals surface area contributed by atoms with Crippen molar-refractivity contribution in [2.75, 3.05) is 20.8 Å². The van der Waals surface area contributed by atoms with Crippen LogP contribution in [0.5, 0.6) is 5.75 Å². The minimum atomic E-state index is -0.356. The molecule has 1 aromatic rings. The summed E-state index contributed by atoms with van der Waals surface area (Å²) in [5.74, 6) is -0.125. The quantitative estimate of drug-likeness (QED) is 0.775. The van der Waals surface area contributed by atoms with E-state index in [0.717, 1.165) is 0 Å². The van der Waals surface area contributed by atoms with Crippen molar-refractivity contribution in [2.45, 2.75) is 6.42 Å². The van der Waals surface area contributed by atoms with Gasteiger partial charge in [0.25, 0.3) is 5.91 Å². The highest BCUT2D eigenvalue weighted by Crippen LogP contribution is 2.16. The third kappa shape index (κ3) is 3.79. The number of hydrogen-bond acceptors (Lipinski definition) is 4. The van der Waals surface area contributed by atoms with Crippen molar-refractivity contribution in [1.29, 1.82) is 0 Å². The maximum Gasteiger partial charge on any atom is 0.307 e. The summed E-state index contributed by atoms with van der Waals surface area (Å²) in [5, 5.41) is 2.62. The highest BCUT2D eigenvalue weighted by molar-refractivity contribution is 5.97. The van der Waals surface area contributed by atoms with Crippen molar-refractivity contribution in [3.05, 3.63) is 29.8 Å². The average molecular weight is 237 g/mol. The standard InChI is InChI=1S/C12H15NO4/c1-16-10-6-4-3-5-9(10)12(15)13-8-7-11(14)17-2/h3-6H,7-8H2,1-2H3,(H,13,15). The number of hydrogen-bond donors (Lipinski definition) is 1. The number of carbonyl (C=O) groups excluding carboxylic acids is 2. The number of para-hydroxylation sites is 1. The Hall–Kier alpha value is -2.04. The summed E-state index contributed by atoms with van der Waals surface area (Å²) in [6, 6.07) is 6.89. The van der Waals surface area contributed by atoms with Crippen LogP contribution < -0.4 is 10.1 Å². The largest absolute Gasteiger partial charge is 0.496 e. The normalized spacial score (nSPS) is 9.53. The molecule has 0 aliphatic carbocycles. The van der Waals surface area contributed by atoms with Crippen molar-refractivity contribution in [3.63, 3.8) is 0 Å². The van der Waals surface area contributed by atoms with Gasteiger partial charge in [0.2, 0.25) is 0 Å². The Labute approximate surface area is 99.7 Å². The van der Waals surface area contributed by atoms with Crippen LogP contribution in [0.2, 0.25) is 0 Å². The van der Waals surface area contributed by atoms with Crippen LogP contribution >= 0.6 is 0 Å². The first kappa shape index (κ1) is 13.0. The summed E-state index contributed by atoms with van der Waals surface area (Å²) in [6.45, 7) is 0.240. The van der Waals surface area contributed by atoms with E-state index in [2.05, 4.69) is 10.1 Å². The summed E-state index contributed by atoms with van der Waals surface area (Å²) in [4.78, 5) is 22.6. The van der Waals surface area contributed by atoms with Crippen LogP contribution in [0.15, 0.2) is 24.3 Å². The Morgan fingerprint density at radius 3 is 2.59 bits per heavy atom. The molecular formula is C12H15NO4. The number of amides is 1. The molecular weight excluding hydrogens is 222 g/mol. The molecule has 0 bridgehead atoms. The minimum absolute atomic E-state index is 0.150. The molecule has 0 radical (unpaired) electrons. The van der Waals surface area contributed by atoms with Gasteiger partial charge in [-0.05, 0) is 12.1 Å². The van der Waals surface area contributed by atoms with Crippen LogP contribution in [0.25, 0.3) is 0 Å². The van der Waals surface area contributed by atoms with Crippen LogP contribution in [-0.4, -0.2) is 32.6 Å². The van der Waals surface area contributed by atoms with Gasteiger partial charge < -0.3 is 14.8 Å². The van der Waals surface area contributed by atoms with Gasteiger partial charge in [0.1, 0.15) is 5.75 Å². The van der Waals surface area contributed by atoms with E-state index in [1.54, 1.807) is 24.3 Å². The summed E-state index contributed by atoms with van der Waals surface area (Å²) < 4.78 is 9.53. The second-order valence-corrected chi connectivity index (χ2v) is 3.28. The predicted molar refractivity (Wildman–Crippen MR) is 62.0 cm³/mol. The molecule has 1 rings (SSSR count). The van der Waals surface area contributed by atoms with E-state index in [4.69, 9.17) is 4.74 Å². The van der Waals surface area contributed by atoms with E-state index in [1.165, 1.54) is 14.2 Å². The topological polar surface area (TPSA) is 64.6 Å². The van der Waals surface area contributed by atoms with E-state index in [0.29, 0.717) is 11.3 Å². The van der Waals surface area contributed by atoms with E-state index >= 15 is 0 Å². The molecule has 5 nitrogen and oxygen atoms in total. The number of rotatable bonds is 5. The van der Waals surface area contributed by atoms with Crippen molar-refractivity contribution < 1.29 is 19.1 Å². The molecule has 1 N–H and O–H groups in total. The first-order chi connectivity index (χ1) is 8.19. The zero-order valence-corrected chi connectivity index (χ0v) is 9.86. The van der Waals surface area contributed by atoms with Gasteiger partial charge in [-0.3, -0.25) is 9.59 Å². The van der Waals surface area contributed by atoms with Gasteiger partial charge in [-0.15, -0.1) is 0 Å². The van der Waals surface area contributed by atoms with Crippen molar-refractivity contribution >= 4 is 11.9 Å². The van der Waals surface area contributed by atoms with Crippen LogP contribution in [0.1, 0.15) is 16.8 Å². The van der Waals surface area contributed by atoms with Gasteiger partial charge >= 0.3 is 5.97 Å². The second-order valence-electron chi connectivity index (χ2n) is 3.28. The molecule has 17 heavy (non-hydrogen) atoms. The number of esters is 1. The van der Waals surface area contributed by atoms with Gasteiger partial charge in [0.05, 0.1) is 26.2 Å². The monoisotopic (exact) mass is 237 g/mol. The van der Waals surface area contributed by atoms with E-state index in [1.807, 2.05) is 0 Å². The molecule has 92 valence electrons. The van der Waals surface area contributed by atoms with E-state index < -0.39 is 0 Å². The third-order valence-electron chi connectivity index (χ3n) is 2.19. The Bertz CT molecular complexity index is 403. The molecule has 0 aliphatic heterocycles. The molecule has 0 fully saturated rings. The van der Waals surface area contributed by atoms with Crippen molar-refractivity contribution in [1.82, 2.24) is 5.32 Å². The van der Waals surface area contributed by atoms with E-state index in [-0.39, 0.29) is 24.8 Å². The maximum absolute atomic E-state index is 11.8. The Kier molecular flexibility index (Phi) is 5.00. The zero-order valence-electron chi connectivity index (χ0n) is 9.86. The first-order valence-corrected chi connectivity index (χ1v) is 5.17. The number of nitrogens with one attached hydrogen (secondary N) is 1. The molecule has 0 heterocycles. The molecule has 1 amide bonds. The Morgan fingerprint density at radius 2 is 1.94 bits per heavy atom. The number of benzene rings is 1. The van der Waals surface area contributed by atoms with E-state index in [9.17, 15) is 9.59 Å². The molecule has 0 atom stereocenters. The van der Waals surface area contributed by atoms with Gasteiger partial charge in [-0.25, -0.2) is 0 Å².